The standard InChI is InChI=1S/C8H18N2.2ClH/c1-5-3-4-6(2)8(10)7(5)9;;/h5-8H,3-4,9-10H2,1-2H3;2*1H/t5-,6+,7-,8-;;/m1../s1. The van der Waals surface area contributed by atoms with Gasteiger partial charge in [0.25, 0.3) is 0 Å². The summed E-state index contributed by atoms with van der Waals surface area (Å²) in [6, 6.07) is 1.17. The third-order valence-electron chi connectivity index (χ3n) is 3.09. The lowest BCUT2D eigenvalue weighted by Crippen LogP contribution is -3.00. The van der Waals surface area contributed by atoms with Gasteiger partial charge in [-0.1, -0.05) is 13.8 Å². The maximum Gasteiger partial charge on any atom is 0.139 e. The van der Waals surface area contributed by atoms with Crippen LogP contribution >= 0.6 is 0 Å². The molecule has 0 radical (unpaired) electrons. The van der Waals surface area contributed by atoms with Crippen molar-refractivity contribution in [2.75, 3.05) is 0 Å². The van der Waals surface area contributed by atoms with Crippen LogP contribution in [0.3, 0.4) is 0 Å². The molecule has 4 heteroatoms. The van der Waals surface area contributed by atoms with E-state index in [9.17, 15) is 0 Å². The number of hydrogen-bond acceptors (Lipinski definition) is 0. The third-order valence-corrected chi connectivity index (χ3v) is 3.09. The molecule has 0 bridgehead atoms. The molecule has 0 unspecified atom stereocenters. The van der Waals surface area contributed by atoms with Crippen LogP contribution in [0.1, 0.15) is 26.7 Å². The Hall–Kier alpha value is 0.500. The van der Waals surface area contributed by atoms with E-state index in [1.54, 1.807) is 0 Å². The maximum absolute atomic E-state index is 4.15. The summed E-state index contributed by atoms with van der Waals surface area (Å²) >= 11 is 0. The van der Waals surface area contributed by atoms with Gasteiger partial charge in [-0.05, 0) is 12.8 Å². The van der Waals surface area contributed by atoms with Gasteiger partial charge in [0.05, 0.1) is 0 Å². The Labute approximate surface area is 87.3 Å². The smallest absolute Gasteiger partial charge is 0.139 e. The molecule has 0 amide bonds. The van der Waals surface area contributed by atoms with Crippen LogP contribution in [-0.4, -0.2) is 12.1 Å². The summed E-state index contributed by atoms with van der Waals surface area (Å²) in [6.45, 7) is 4.59. The highest BCUT2D eigenvalue weighted by Gasteiger charge is 2.35. The van der Waals surface area contributed by atoms with E-state index in [-0.39, 0.29) is 24.8 Å². The van der Waals surface area contributed by atoms with Gasteiger partial charge in [0.1, 0.15) is 12.1 Å². The Balaban J connectivity index is 0. The zero-order chi connectivity index (χ0) is 7.72. The van der Waals surface area contributed by atoms with Crippen molar-refractivity contribution in [2.24, 2.45) is 11.8 Å². The molecule has 0 aromatic carbocycles. The van der Waals surface area contributed by atoms with E-state index in [1.165, 1.54) is 12.8 Å². The molecule has 0 heterocycles. The first-order chi connectivity index (χ1) is 4.63. The molecule has 0 aromatic rings. The lowest BCUT2D eigenvalue weighted by atomic mass is 9.77. The van der Waals surface area contributed by atoms with Crippen molar-refractivity contribution in [3.63, 3.8) is 0 Å². The molecule has 12 heavy (non-hydrogen) atoms. The molecular formula is C8H20Cl2N2. The number of hydrogen-bond donors (Lipinski definition) is 2. The average molecular weight is 215 g/mol. The summed E-state index contributed by atoms with van der Waals surface area (Å²) in [5.74, 6) is 1.58. The molecule has 0 aliphatic heterocycles. The fourth-order valence-electron chi connectivity index (χ4n) is 1.80. The van der Waals surface area contributed by atoms with Gasteiger partial charge in [0.15, 0.2) is 0 Å². The Morgan fingerprint density at radius 2 is 1.08 bits per heavy atom. The van der Waals surface area contributed by atoms with E-state index in [4.69, 9.17) is 0 Å². The number of quaternary nitrogens is 2. The molecule has 1 rings (SSSR count). The van der Waals surface area contributed by atoms with Crippen molar-refractivity contribution >= 4 is 0 Å². The lowest BCUT2D eigenvalue weighted by molar-refractivity contribution is -0.549. The Morgan fingerprint density at radius 1 is 0.833 bits per heavy atom. The molecule has 1 aliphatic rings. The second-order valence-corrected chi connectivity index (χ2v) is 3.86. The highest BCUT2D eigenvalue weighted by molar-refractivity contribution is 4.81. The second kappa shape index (κ2) is 6.03. The molecule has 0 spiro atoms. The summed E-state index contributed by atoms with van der Waals surface area (Å²) in [7, 11) is 0. The summed E-state index contributed by atoms with van der Waals surface area (Å²) in [4.78, 5) is 0. The molecule has 4 atom stereocenters. The monoisotopic (exact) mass is 214 g/mol. The summed E-state index contributed by atoms with van der Waals surface area (Å²) in [6.07, 6.45) is 2.70. The van der Waals surface area contributed by atoms with Crippen molar-refractivity contribution in [1.82, 2.24) is 0 Å². The molecule has 2 nitrogen and oxygen atoms in total. The molecule has 76 valence electrons. The van der Waals surface area contributed by atoms with Crippen molar-refractivity contribution in [2.45, 2.75) is 38.8 Å². The van der Waals surface area contributed by atoms with Crippen LogP contribution in [0.5, 0.6) is 0 Å². The SMILES string of the molecule is C[C@@H]1CC[C@H](C)[C@@H]([NH3+])[C@@H]1[NH3+].[Cl-].[Cl-]. The average Bonchev–Trinajstić information content (AvgIpc) is 1.93. The number of halogens is 2. The van der Waals surface area contributed by atoms with Gasteiger partial charge in [0.2, 0.25) is 0 Å². The van der Waals surface area contributed by atoms with E-state index >= 15 is 0 Å². The van der Waals surface area contributed by atoms with Crippen molar-refractivity contribution in [3.05, 3.63) is 0 Å². The van der Waals surface area contributed by atoms with Crippen LogP contribution in [0.4, 0.5) is 0 Å². The molecule has 1 saturated carbocycles. The summed E-state index contributed by atoms with van der Waals surface area (Å²) in [5, 5.41) is 0. The molecule has 0 saturated heterocycles. The van der Waals surface area contributed by atoms with E-state index < -0.39 is 0 Å². The van der Waals surface area contributed by atoms with E-state index in [0.717, 1.165) is 11.8 Å². The van der Waals surface area contributed by atoms with Crippen LogP contribution in [0.2, 0.25) is 0 Å². The predicted octanol–water partition coefficient (Wildman–Crippen LogP) is -6.72. The van der Waals surface area contributed by atoms with Gasteiger partial charge in [-0.25, -0.2) is 0 Å². The zero-order valence-electron chi connectivity index (χ0n) is 7.89. The molecular weight excluding hydrogens is 195 g/mol. The first kappa shape index (κ1) is 15.0. The zero-order valence-corrected chi connectivity index (χ0v) is 9.41. The summed E-state index contributed by atoms with van der Waals surface area (Å²) < 4.78 is 0. The third kappa shape index (κ3) is 3.09. The van der Waals surface area contributed by atoms with Crippen LogP contribution in [0, 0.1) is 11.8 Å². The molecule has 1 aliphatic carbocycles. The molecule has 6 N–H and O–H groups in total. The topological polar surface area (TPSA) is 55.3 Å². The van der Waals surface area contributed by atoms with Gasteiger partial charge in [-0.2, -0.15) is 0 Å². The van der Waals surface area contributed by atoms with Crippen molar-refractivity contribution < 1.29 is 36.3 Å². The minimum atomic E-state index is 0. The Kier molecular flexibility index (Phi) is 7.54. The predicted molar refractivity (Wildman–Crippen MR) is 40.9 cm³/mol. The molecule has 1 fully saturated rings. The van der Waals surface area contributed by atoms with Gasteiger partial charge in [-0.15, -0.1) is 0 Å². The van der Waals surface area contributed by atoms with Crippen LogP contribution in [0.25, 0.3) is 0 Å². The lowest BCUT2D eigenvalue weighted by Gasteiger charge is -2.30. The van der Waals surface area contributed by atoms with Gasteiger partial charge >= 0.3 is 0 Å². The van der Waals surface area contributed by atoms with E-state index in [0.29, 0.717) is 12.1 Å². The van der Waals surface area contributed by atoms with Gasteiger partial charge in [0, 0.05) is 11.8 Å². The minimum Gasteiger partial charge on any atom is -1.00 e. The Bertz CT molecular complexity index is 108. The summed E-state index contributed by atoms with van der Waals surface area (Å²) in [5.41, 5.74) is 8.29. The van der Waals surface area contributed by atoms with E-state index in [1.807, 2.05) is 0 Å². The van der Waals surface area contributed by atoms with Crippen LogP contribution in [0.15, 0.2) is 0 Å². The fraction of sp³-hybridized carbons (Fsp3) is 1.00. The van der Waals surface area contributed by atoms with Gasteiger partial charge in [-0.3, -0.25) is 0 Å². The first-order valence-electron chi connectivity index (χ1n) is 4.29. The Morgan fingerprint density at radius 3 is 1.33 bits per heavy atom. The number of rotatable bonds is 0. The van der Waals surface area contributed by atoms with Crippen molar-refractivity contribution in [1.29, 1.82) is 0 Å². The van der Waals surface area contributed by atoms with Crippen LogP contribution < -0.4 is 36.3 Å². The normalized spacial score (nSPS) is 41.0. The largest absolute Gasteiger partial charge is 1.00 e. The van der Waals surface area contributed by atoms with Crippen LogP contribution in [-0.2, 0) is 0 Å². The molecule has 0 aromatic heterocycles. The van der Waals surface area contributed by atoms with Crippen molar-refractivity contribution in [3.8, 4) is 0 Å². The fourth-order valence-corrected chi connectivity index (χ4v) is 1.80. The van der Waals surface area contributed by atoms with Gasteiger partial charge < -0.3 is 36.3 Å². The highest BCUT2D eigenvalue weighted by Crippen LogP contribution is 2.24. The minimum absolute atomic E-state index is 0. The first-order valence-corrected chi connectivity index (χ1v) is 4.29. The van der Waals surface area contributed by atoms with E-state index in [2.05, 4.69) is 25.3 Å². The maximum atomic E-state index is 4.15. The highest BCUT2D eigenvalue weighted by atomic mass is 35.5. The quantitative estimate of drug-likeness (QED) is 0.404. The second-order valence-electron chi connectivity index (χ2n) is 3.86.